The van der Waals surface area contributed by atoms with Gasteiger partial charge in [0.25, 0.3) is 0 Å². The third-order valence-corrected chi connectivity index (χ3v) is 7.69. The van der Waals surface area contributed by atoms with Crippen LogP contribution in [-0.4, -0.2) is 15.7 Å². The first kappa shape index (κ1) is 15.0. The monoisotopic (exact) mass is 268 g/mol. The van der Waals surface area contributed by atoms with Gasteiger partial charge in [-0.3, -0.25) is 0 Å². The molecule has 3 fully saturated rings. The van der Waals surface area contributed by atoms with Crippen LogP contribution < -0.4 is 0 Å². The first-order chi connectivity index (χ1) is 9.43. The predicted molar refractivity (Wildman–Crippen MR) is 88.0 cm³/mol. The van der Waals surface area contributed by atoms with Crippen LogP contribution in [0.15, 0.2) is 0 Å². The van der Waals surface area contributed by atoms with E-state index in [2.05, 4.69) is 20.8 Å². The molecule has 20 heavy (non-hydrogen) atoms. The van der Waals surface area contributed by atoms with Crippen molar-refractivity contribution < 1.29 is 0 Å². The van der Waals surface area contributed by atoms with Crippen LogP contribution in [0.5, 0.6) is 0 Å². The molecule has 4 radical (unpaired) electrons. The fourth-order valence-electron chi connectivity index (χ4n) is 6.15. The van der Waals surface area contributed by atoms with Gasteiger partial charge in [0.15, 0.2) is 0 Å². The molecule has 0 aliphatic heterocycles. The van der Waals surface area contributed by atoms with Gasteiger partial charge in [-0.15, -0.1) is 0 Å². The van der Waals surface area contributed by atoms with Crippen molar-refractivity contribution in [1.82, 2.24) is 0 Å². The molecule has 2 bridgehead atoms. The molecule has 3 rings (SSSR count). The summed E-state index contributed by atoms with van der Waals surface area (Å²) in [5.41, 5.74) is 0.101. The van der Waals surface area contributed by atoms with Gasteiger partial charge >= 0.3 is 0 Å². The third kappa shape index (κ3) is 2.03. The number of fused-ring (bicyclic) bond motifs is 5. The molecule has 5 unspecified atom stereocenters. The number of hydrogen-bond acceptors (Lipinski definition) is 0. The Morgan fingerprint density at radius 1 is 0.950 bits per heavy atom. The molecule has 3 aliphatic rings. The summed E-state index contributed by atoms with van der Waals surface area (Å²) in [6.07, 6.45) is 10.6. The molecular weight excluding hydrogens is 238 g/mol. The van der Waals surface area contributed by atoms with Gasteiger partial charge < -0.3 is 0 Å². The predicted octanol–water partition coefficient (Wildman–Crippen LogP) is 4.73. The standard InChI is InChI=1S/C18H30B2/c1-4-8-17(3,5-2)18(19,20)14-10-15-12-6-7-13(9-12)16(15)11-14/h12-16H,4-11H2,1-3H3. The number of rotatable bonds is 5. The molecule has 0 heterocycles. The van der Waals surface area contributed by atoms with Crippen molar-refractivity contribution in [2.24, 2.45) is 35.0 Å². The highest BCUT2D eigenvalue weighted by atomic mass is 14.6. The van der Waals surface area contributed by atoms with Crippen LogP contribution in [-0.2, 0) is 0 Å². The second-order valence-corrected chi connectivity index (χ2v) is 8.43. The van der Waals surface area contributed by atoms with Gasteiger partial charge in [0.1, 0.15) is 0 Å². The van der Waals surface area contributed by atoms with Gasteiger partial charge in [0.2, 0.25) is 0 Å². The van der Waals surface area contributed by atoms with E-state index in [0.717, 1.165) is 36.5 Å². The summed E-state index contributed by atoms with van der Waals surface area (Å²) >= 11 is 0. The van der Waals surface area contributed by atoms with Crippen molar-refractivity contribution >= 4 is 15.7 Å². The molecular formula is C18H30B2. The van der Waals surface area contributed by atoms with E-state index in [0.29, 0.717) is 5.92 Å². The first-order valence-corrected chi connectivity index (χ1v) is 9.00. The molecule has 0 spiro atoms. The Bertz CT molecular complexity index is 346. The zero-order chi connectivity index (χ0) is 14.5. The second kappa shape index (κ2) is 5.10. The second-order valence-electron chi connectivity index (χ2n) is 8.43. The molecule has 108 valence electrons. The molecule has 0 aromatic carbocycles. The minimum Gasteiger partial charge on any atom is -0.0911 e. The molecule has 3 saturated carbocycles. The average Bonchev–Trinajstić information content (AvgIpc) is 3.10. The quantitative estimate of drug-likeness (QED) is 0.632. The Morgan fingerprint density at radius 3 is 1.95 bits per heavy atom. The minimum atomic E-state index is -0.471. The van der Waals surface area contributed by atoms with Crippen molar-refractivity contribution in [2.45, 2.75) is 77.4 Å². The maximum atomic E-state index is 6.79. The van der Waals surface area contributed by atoms with E-state index in [1.165, 1.54) is 38.5 Å². The molecule has 0 nitrogen and oxygen atoms in total. The Balaban J connectivity index is 1.76. The highest BCUT2D eigenvalue weighted by molar-refractivity contribution is 6.40. The van der Waals surface area contributed by atoms with E-state index in [9.17, 15) is 0 Å². The van der Waals surface area contributed by atoms with Crippen LogP contribution in [0.25, 0.3) is 0 Å². The summed E-state index contributed by atoms with van der Waals surface area (Å²) in [7, 11) is 13.6. The lowest BCUT2D eigenvalue weighted by atomic mass is 9.36. The average molecular weight is 268 g/mol. The topological polar surface area (TPSA) is 0 Å². The highest BCUT2D eigenvalue weighted by Crippen LogP contribution is 2.65. The zero-order valence-corrected chi connectivity index (χ0v) is 13.7. The molecule has 3 aliphatic carbocycles. The van der Waals surface area contributed by atoms with E-state index < -0.39 is 5.21 Å². The lowest BCUT2D eigenvalue weighted by molar-refractivity contribution is 0.175. The summed E-state index contributed by atoms with van der Waals surface area (Å²) < 4.78 is 0. The molecule has 5 atom stereocenters. The SMILES string of the molecule is [B]C([B])(C1CC2C3CCC(C3)C2C1)C(C)(CC)CCC. The van der Waals surface area contributed by atoms with Crippen molar-refractivity contribution in [2.75, 3.05) is 0 Å². The normalized spacial score (nSPS) is 42.6. The molecule has 0 amide bonds. The smallest absolute Gasteiger partial charge is 0.0631 e. The molecule has 0 aromatic heterocycles. The molecule has 0 N–H and O–H groups in total. The van der Waals surface area contributed by atoms with E-state index >= 15 is 0 Å². The Labute approximate surface area is 128 Å². The largest absolute Gasteiger partial charge is 0.0911 e. The van der Waals surface area contributed by atoms with E-state index in [1.807, 2.05) is 0 Å². The van der Waals surface area contributed by atoms with Crippen LogP contribution in [0.4, 0.5) is 0 Å². The lowest BCUT2D eigenvalue weighted by Gasteiger charge is -2.50. The Hall–Kier alpha value is 0.130. The van der Waals surface area contributed by atoms with Gasteiger partial charge in [-0.05, 0) is 67.6 Å². The van der Waals surface area contributed by atoms with Crippen molar-refractivity contribution in [1.29, 1.82) is 0 Å². The molecule has 0 aromatic rings. The van der Waals surface area contributed by atoms with Gasteiger partial charge in [-0.25, -0.2) is 0 Å². The van der Waals surface area contributed by atoms with Crippen LogP contribution in [0.3, 0.4) is 0 Å². The zero-order valence-electron chi connectivity index (χ0n) is 13.7. The van der Waals surface area contributed by atoms with Gasteiger partial charge in [0.05, 0.1) is 15.7 Å². The van der Waals surface area contributed by atoms with Crippen molar-refractivity contribution in [3.8, 4) is 0 Å². The fraction of sp³-hybridized carbons (Fsp3) is 1.00. The molecule has 2 heteroatoms. The van der Waals surface area contributed by atoms with Gasteiger partial charge in [-0.1, -0.05) is 44.7 Å². The summed E-state index contributed by atoms with van der Waals surface area (Å²) in [6.45, 7) is 6.86. The third-order valence-electron chi connectivity index (χ3n) is 7.69. The van der Waals surface area contributed by atoms with Crippen molar-refractivity contribution in [3.05, 3.63) is 0 Å². The maximum Gasteiger partial charge on any atom is 0.0631 e. The maximum absolute atomic E-state index is 6.79. The van der Waals surface area contributed by atoms with Crippen LogP contribution in [0, 0.1) is 35.0 Å². The van der Waals surface area contributed by atoms with E-state index in [1.54, 1.807) is 0 Å². The Morgan fingerprint density at radius 2 is 1.50 bits per heavy atom. The van der Waals surface area contributed by atoms with Crippen molar-refractivity contribution in [3.63, 3.8) is 0 Å². The van der Waals surface area contributed by atoms with Gasteiger partial charge in [0, 0.05) is 0 Å². The summed E-state index contributed by atoms with van der Waals surface area (Å²) in [5.74, 6) is 4.52. The first-order valence-electron chi connectivity index (χ1n) is 9.00. The molecule has 0 saturated heterocycles. The highest BCUT2D eigenvalue weighted by Gasteiger charge is 2.55. The summed E-state index contributed by atoms with van der Waals surface area (Å²) in [5, 5.41) is -0.471. The fourth-order valence-corrected chi connectivity index (χ4v) is 6.15. The van der Waals surface area contributed by atoms with Crippen LogP contribution in [0.1, 0.15) is 72.1 Å². The van der Waals surface area contributed by atoms with Crippen LogP contribution in [0.2, 0.25) is 5.21 Å². The summed E-state index contributed by atoms with van der Waals surface area (Å²) in [6, 6.07) is 0. The van der Waals surface area contributed by atoms with E-state index in [-0.39, 0.29) is 5.41 Å². The Kier molecular flexibility index (Phi) is 3.83. The minimum absolute atomic E-state index is 0.101. The number of hydrogen-bond donors (Lipinski definition) is 0. The summed E-state index contributed by atoms with van der Waals surface area (Å²) in [4.78, 5) is 0. The van der Waals surface area contributed by atoms with Gasteiger partial charge in [-0.2, -0.15) is 0 Å². The lowest BCUT2D eigenvalue weighted by Crippen LogP contribution is -2.40. The van der Waals surface area contributed by atoms with Crippen LogP contribution >= 0.6 is 0 Å². The van der Waals surface area contributed by atoms with E-state index in [4.69, 9.17) is 15.7 Å².